The normalized spacial score (nSPS) is 20.2. The summed E-state index contributed by atoms with van der Waals surface area (Å²) in [7, 11) is 0. The molecule has 2 aliphatic rings. The van der Waals surface area contributed by atoms with Crippen LogP contribution in [0.2, 0.25) is 5.02 Å². The van der Waals surface area contributed by atoms with Gasteiger partial charge in [0.2, 0.25) is 5.91 Å². The number of nitriles is 1. The van der Waals surface area contributed by atoms with Crippen LogP contribution in [-0.2, 0) is 11.2 Å². The summed E-state index contributed by atoms with van der Waals surface area (Å²) in [6, 6.07) is 12.0. The SMILES string of the molecule is Cc1ccsc1CCN1CSC2=C(C#N)C(c3ccc(Cl)cc3)CC(=O)N2C1. The number of nitrogens with zero attached hydrogens (tertiary/aromatic N) is 3. The van der Waals surface area contributed by atoms with Crippen molar-refractivity contribution in [3.05, 3.63) is 67.3 Å². The lowest BCUT2D eigenvalue weighted by molar-refractivity contribution is -0.131. The maximum Gasteiger partial charge on any atom is 0.229 e. The molecule has 28 heavy (non-hydrogen) atoms. The van der Waals surface area contributed by atoms with Crippen molar-refractivity contribution in [3.8, 4) is 6.07 Å². The topological polar surface area (TPSA) is 47.3 Å². The van der Waals surface area contributed by atoms with E-state index in [9.17, 15) is 10.1 Å². The second-order valence-corrected chi connectivity index (χ2v) is 9.42. The van der Waals surface area contributed by atoms with E-state index < -0.39 is 0 Å². The van der Waals surface area contributed by atoms with E-state index in [4.69, 9.17) is 11.6 Å². The zero-order chi connectivity index (χ0) is 19.7. The summed E-state index contributed by atoms with van der Waals surface area (Å²) in [6.45, 7) is 3.61. The van der Waals surface area contributed by atoms with Crippen LogP contribution in [0.15, 0.2) is 46.3 Å². The summed E-state index contributed by atoms with van der Waals surface area (Å²) >= 11 is 9.38. The van der Waals surface area contributed by atoms with Crippen molar-refractivity contribution in [2.24, 2.45) is 0 Å². The Hall–Kier alpha value is -1.78. The molecule has 0 saturated carbocycles. The van der Waals surface area contributed by atoms with Crippen molar-refractivity contribution >= 4 is 40.6 Å². The number of carbonyl (C=O) groups is 1. The van der Waals surface area contributed by atoms with Gasteiger partial charge in [-0.05, 0) is 48.1 Å². The lowest BCUT2D eigenvalue weighted by Crippen LogP contribution is -2.47. The van der Waals surface area contributed by atoms with Crippen LogP contribution in [0.25, 0.3) is 0 Å². The van der Waals surface area contributed by atoms with E-state index in [1.54, 1.807) is 28.0 Å². The standard InChI is InChI=1S/C21H20ClN3OS2/c1-14-7-9-27-19(14)6-8-24-12-25-20(26)10-17(15-2-4-16(22)5-3-15)18(11-23)21(25)28-13-24/h2-5,7,9,17H,6,8,10,12-13H2,1H3. The highest BCUT2D eigenvalue weighted by molar-refractivity contribution is 8.03. The fraction of sp³-hybridized carbons (Fsp3) is 0.333. The first kappa shape index (κ1) is 19.5. The number of allylic oxidation sites excluding steroid dienone is 1. The molecule has 0 bridgehead atoms. The zero-order valence-electron chi connectivity index (χ0n) is 15.5. The lowest BCUT2D eigenvalue weighted by Gasteiger charge is -2.41. The van der Waals surface area contributed by atoms with Crippen LogP contribution in [0.3, 0.4) is 0 Å². The molecule has 0 N–H and O–H groups in total. The van der Waals surface area contributed by atoms with Crippen LogP contribution in [0.5, 0.6) is 0 Å². The Balaban J connectivity index is 1.52. The molecule has 2 aromatic rings. The minimum absolute atomic E-state index is 0.0819. The second-order valence-electron chi connectivity index (χ2n) is 7.05. The lowest BCUT2D eigenvalue weighted by atomic mass is 9.86. The number of hydrogen-bond acceptors (Lipinski definition) is 5. The number of hydrogen-bond donors (Lipinski definition) is 0. The smallest absolute Gasteiger partial charge is 0.229 e. The van der Waals surface area contributed by atoms with Gasteiger partial charge in [-0.1, -0.05) is 35.5 Å². The molecule has 4 rings (SSSR count). The van der Waals surface area contributed by atoms with Gasteiger partial charge in [-0.15, -0.1) is 11.3 Å². The maximum atomic E-state index is 12.9. The fourth-order valence-corrected chi connectivity index (χ4v) is 5.85. The molecular weight excluding hydrogens is 410 g/mol. The highest BCUT2D eigenvalue weighted by Gasteiger charge is 2.38. The summed E-state index contributed by atoms with van der Waals surface area (Å²) in [5, 5.41) is 13.4. The molecule has 2 aliphatic heterocycles. The Morgan fingerprint density at radius 2 is 2.07 bits per heavy atom. The van der Waals surface area contributed by atoms with E-state index in [2.05, 4.69) is 29.3 Å². The van der Waals surface area contributed by atoms with Gasteiger partial charge in [0.15, 0.2) is 0 Å². The van der Waals surface area contributed by atoms with Gasteiger partial charge in [-0.3, -0.25) is 14.6 Å². The molecule has 1 aromatic carbocycles. The Labute approximate surface area is 178 Å². The van der Waals surface area contributed by atoms with Gasteiger partial charge in [0.1, 0.15) is 0 Å². The predicted molar refractivity (Wildman–Crippen MR) is 115 cm³/mol. The number of halogens is 1. The van der Waals surface area contributed by atoms with Gasteiger partial charge in [-0.2, -0.15) is 5.26 Å². The number of aryl methyl sites for hydroxylation is 1. The largest absolute Gasteiger partial charge is 0.292 e. The van der Waals surface area contributed by atoms with Crippen LogP contribution < -0.4 is 0 Å². The third kappa shape index (κ3) is 3.85. The molecule has 0 spiro atoms. The van der Waals surface area contributed by atoms with Crippen molar-refractivity contribution in [1.82, 2.24) is 9.80 Å². The molecule has 4 nitrogen and oxygen atoms in total. The molecule has 1 saturated heterocycles. The highest BCUT2D eigenvalue weighted by atomic mass is 35.5. The van der Waals surface area contributed by atoms with E-state index in [-0.39, 0.29) is 11.8 Å². The van der Waals surface area contributed by atoms with Crippen LogP contribution in [0.1, 0.15) is 28.3 Å². The van der Waals surface area contributed by atoms with E-state index in [1.165, 1.54) is 10.4 Å². The molecule has 144 valence electrons. The highest BCUT2D eigenvalue weighted by Crippen LogP contribution is 2.42. The van der Waals surface area contributed by atoms with Crippen molar-refractivity contribution in [1.29, 1.82) is 5.26 Å². The average Bonchev–Trinajstić information content (AvgIpc) is 3.12. The maximum absolute atomic E-state index is 12.9. The second kappa shape index (κ2) is 8.30. The van der Waals surface area contributed by atoms with E-state index in [0.29, 0.717) is 23.7 Å². The molecule has 7 heteroatoms. The fourth-order valence-electron chi connectivity index (χ4n) is 3.65. The molecule has 1 amide bonds. The average molecular weight is 430 g/mol. The van der Waals surface area contributed by atoms with Gasteiger partial charge >= 0.3 is 0 Å². The quantitative estimate of drug-likeness (QED) is 0.688. The van der Waals surface area contributed by atoms with E-state index in [0.717, 1.165) is 29.4 Å². The number of benzene rings is 1. The zero-order valence-corrected chi connectivity index (χ0v) is 17.9. The van der Waals surface area contributed by atoms with Crippen molar-refractivity contribution < 1.29 is 4.79 Å². The first-order valence-corrected chi connectivity index (χ1v) is 11.4. The molecule has 1 unspecified atom stereocenters. The van der Waals surface area contributed by atoms with Crippen molar-refractivity contribution in [2.45, 2.75) is 25.7 Å². The Bertz CT molecular complexity index is 961. The molecular formula is C21H20ClN3OS2. The van der Waals surface area contributed by atoms with Crippen LogP contribution in [-0.4, -0.2) is 34.8 Å². The number of amides is 1. The van der Waals surface area contributed by atoms with Gasteiger partial charge in [0.05, 0.1) is 29.2 Å². The number of fused-ring (bicyclic) bond motifs is 1. The number of rotatable bonds is 4. The number of carbonyl (C=O) groups excluding carboxylic acids is 1. The predicted octanol–water partition coefficient (Wildman–Crippen LogP) is 4.97. The monoisotopic (exact) mass is 429 g/mol. The molecule has 1 aromatic heterocycles. The van der Waals surface area contributed by atoms with Crippen molar-refractivity contribution in [2.75, 3.05) is 19.1 Å². The first-order valence-electron chi connectivity index (χ1n) is 9.15. The molecule has 1 atom stereocenters. The van der Waals surface area contributed by atoms with Crippen LogP contribution >= 0.6 is 34.7 Å². The molecule has 0 aliphatic carbocycles. The Morgan fingerprint density at radius 3 is 2.75 bits per heavy atom. The summed E-state index contributed by atoms with van der Waals surface area (Å²) in [5.41, 5.74) is 3.00. The summed E-state index contributed by atoms with van der Waals surface area (Å²) in [5.74, 6) is 0.689. The van der Waals surface area contributed by atoms with Gasteiger partial charge in [0, 0.05) is 28.8 Å². The van der Waals surface area contributed by atoms with E-state index >= 15 is 0 Å². The molecule has 0 radical (unpaired) electrons. The minimum Gasteiger partial charge on any atom is -0.292 e. The number of thioether (sulfide) groups is 1. The molecule has 3 heterocycles. The molecule has 1 fully saturated rings. The Kier molecular flexibility index (Phi) is 5.79. The van der Waals surface area contributed by atoms with Crippen molar-refractivity contribution in [3.63, 3.8) is 0 Å². The first-order chi connectivity index (χ1) is 13.6. The third-order valence-corrected chi connectivity index (χ3v) is 7.79. The van der Waals surface area contributed by atoms with Gasteiger partial charge in [-0.25, -0.2) is 0 Å². The van der Waals surface area contributed by atoms with Crippen LogP contribution in [0.4, 0.5) is 0 Å². The minimum atomic E-state index is -0.186. The van der Waals surface area contributed by atoms with Gasteiger partial charge in [0.25, 0.3) is 0 Å². The third-order valence-electron chi connectivity index (χ3n) is 5.25. The van der Waals surface area contributed by atoms with Gasteiger partial charge < -0.3 is 0 Å². The number of thiophene rings is 1. The van der Waals surface area contributed by atoms with E-state index in [1.807, 2.05) is 24.3 Å². The van der Waals surface area contributed by atoms with Crippen LogP contribution in [0, 0.1) is 18.3 Å². The summed E-state index contributed by atoms with van der Waals surface area (Å²) in [6.07, 6.45) is 1.32. The summed E-state index contributed by atoms with van der Waals surface area (Å²) < 4.78 is 0. The summed E-state index contributed by atoms with van der Waals surface area (Å²) in [4.78, 5) is 18.4. The Morgan fingerprint density at radius 1 is 1.29 bits per heavy atom.